The number of nitrogens with one attached hydrogen (secondary N) is 1. The van der Waals surface area contributed by atoms with Crippen LogP contribution in [0.2, 0.25) is 0 Å². The molecule has 1 atom stereocenters. The van der Waals surface area contributed by atoms with E-state index in [9.17, 15) is 18.0 Å². The predicted octanol–water partition coefficient (Wildman–Crippen LogP) is 4.75. The van der Waals surface area contributed by atoms with Gasteiger partial charge in [0.15, 0.2) is 0 Å². The molecule has 38 heavy (non-hydrogen) atoms. The molecule has 3 aromatic rings. The van der Waals surface area contributed by atoms with E-state index in [1.807, 2.05) is 64.1 Å². The fourth-order valence-electron chi connectivity index (χ4n) is 4.14. The molecule has 0 unspecified atom stereocenters. The molecule has 0 saturated carbocycles. The van der Waals surface area contributed by atoms with Gasteiger partial charge < -0.3 is 10.2 Å². The van der Waals surface area contributed by atoms with Crippen LogP contribution in [0.1, 0.15) is 42.5 Å². The van der Waals surface area contributed by atoms with Crippen LogP contribution in [-0.2, 0) is 26.2 Å². The first kappa shape index (κ1) is 28.9. The number of para-hydroxylation sites is 1. The molecule has 1 N–H and O–H groups in total. The maximum atomic E-state index is 13.9. The number of aryl methyl sites for hydroxylation is 3. The molecular formula is C30H37N3O4S. The average molecular weight is 536 g/mol. The van der Waals surface area contributed by atoms with E-state index in [1.54, 1.807) is 43.3 Å². The molecule has 0 aromatic heterocycles. The lowest BCUT2D eigenvalue weighted by atomic mass is 10.1. The fourth-order valence-corrected chi connectivity index (χ4v) is 5.62. The molecule has 8 heteroatoms. The number of amides is 2. The summed E-state index contributed by atoms with van der Waals surface area (Å²) in [5.41, 5.74) is 3.93. The average Bonchev–Trinajstić information content (AvgIpc) is 2.90. The second kappa shape index (κ2) is 12.7. The molecule has 0 aliphatic carbocycles. The van der Waals surface area contributed by atoms with Gasteiger partial charge in [-0.15, -0.1) is 0 Å². The van der Waals surface area contributed by atoms with Crippen molar-refractivity contribution >= 4 is 27.5 Å². The Morgan fingerprint density at radius 3 is 2.08 bits per heavy atom. The topological polar surface area (TPSA) is 86.8 Å². The van der Waals surface area contributed by atoms with Crippen LogP contribution in [0.15, 0.2) is 77.7 Å². The standard InChI is InChI=1S/C30H37N3O4S/c1-6-19-31-30(35)25(5)32(20-26-13-9-7-11-23(26)3)29(34)21-33(28-14-10-8-12-24(28)4)38(36,37)27-17-15-22(2)16-18-27/h7-18,25H,6,19-21H2,1-5H3,(H,31,35)/t25-/m0/s1. The minimum absolute atomic E-state index is 0.0957. The second-order valence-electron chi connectivity index (χ2n) is 9.53. The van der Waals surface area contributed by atoms with Crippen LogP contribution < -0.4 is 9.62 Å². The van der Waals surface area contributed by atoms with Crippen molar-refractivity contribution in [2.45, 2.75) is 58.5 Å². The third-order valence-corrected chi connectivity index (χ3v) is 8.36. The highest BCUT2D eigenvalue weighted by atomic mass is 32.2. The molecule has 202 valence electrons. The van der Waals surface area contributed by atoms with Gasteiger partial charge in [0.05, 0.1) is 10.6 Å². The van der Waals surface area contributed by atoms with Gasteiger partial charge >= 0.3 is 0 Å². The first-order chi connectivity index (χ1) is 18.1. The zero-order chi connectivity index (χ0) is 27.9. The van der Waals surface area contributed by atoms with Crippen molar-refractivity contribution in [2.24, 2.45) is 0 Å². The third kappa shape index (κ3) is 6.81. The summed E-state index contributed by atoms with van der Waals surface area (Å²) in [7, 11) is -4.08. The molecule has 0 spiro atoms. The zero-order valence-corrected chi connectivity index (χ0v) is 23.6. The Hall–Kier alpha value is -3.65. The summed E-state index contributed by atoms with van der Waals surface area (Å²) in [4.78, 5) is 28.4. The van der Waals surface area contributed by atoms with Gasteiger partial charge in [0.1, 0.15) is 12.6 Å². The van der Waals surface area contributed by atoms with Crippen molar-refractivity contribution in [3.05, 3.63) is 95.1 Å². The molecule has 0 aliphatic rings. The van der Waals surface area contributed by atoms with Crippen LogP contribution in [0.4, 0.5) is 5.69 Å². The lowest BCUT2D eigenvalue weighted by molar-refractivity contribution is -0.139. The minimum atomic E-state index is -4.08. The molecule has 7 nitrogen and oxygen atoms in total. The Kier molecular flexibility index (Phi) is 9.69. The molecule has 3 rings (SSSR count). The summed E-state index contributed by atoms with van der Waals surface area (Å²) in [5, 5.41) is 2.86. The molecule has 0 fully saturated rings. The lowest BCUT2D eigenvalue weighted by Gasteiger charge is -2.32. The first-order valence-electron chi connectivity index (χ1n) is 12.8. The van der Waals surface area contributed by atoms with E-state index in [4.69, 9.17) is 0 Å². The molecule has 0 heterocycles. The van der Waals surface area contributed by atoms with Crippen molar-refractivity contribution in [2.75, 3.05) is 17.4 Å². The van der Waals surface area contributed by atoms with Crippen molar-refractivity contribution in [3.8, 4) is 0 Å². The van der Waals surface area contributed by atoms with Gasteiger partial charge in [-0.2, -0.15) is 0 Å². The number of rotatable bonds is 11. The van der Waals surface area contributed by atoms with Gasteiger partial charge in [0.2, 0.25) is 11.8 Å². The van der Waals surface area contributed by atoms with Crippen molar-refractivity contribution in [3.63, 3.8) is 0 Å². The van der Waals surface area contributed by atoms with Crippen LogP contribution in [0.25, 0.3) is 0 Å². The number of benzene rings is 3. The smallest absolute Gasteiger partial charge is 0.264 e. The van der Waals surface area contributed by atoms with Gasteiger partial charge in [-0.05, 0) is 69.0 Å². The Morgan fingerprint density at radius 2 is 1.47 bits per heavy atom. The largest absolute Gasteiger partial charge is 0.354 e. The summed E-state index contributed by atoms with van der Waals surface area (Å²) < 4.78 is 28.9. The number of hydrogen-bond acceptors (Lipinski definition) is 4. The monoisotopic (exact) mass is 535 g/mol. The van der Waals surface area contributed by atoms with Crippen LogP contribution in [0.3, 0.4) is 0 Å². The van der Waals surface area contributed by atoms with E-state index in [2.05, 4.69) is 5.32 Å². The number of carbonyl (C=O) groups is 2. The highest BCUT2D eigenvalue weighted by molar-refractivity contribution is 7.92. The third-order valence-electron chi connectivity index (χ3n) is 6.59. The Morgan fingerprint density at radius 1 is 0.868 bits per heavy atom. The van der Waals surface area contributed by atoms with E-state index in [0.29, 0.717) is 12.2 Å². The normalized spacial score (nSPS) is 12.0. The fraction of sp³-hybridized carbons (Fsp3) is 0.333. The maximum absolute atomic E-state index is 13.9. The van der Waals surface area contributed by atoms with Crippen LogP contribution in [-0.4, -0.2) is 44.3 Å². The van der Waals surface area contributed by atoms with E-state index in [1.165, 1.54) is 4.90 Å². The zero-order valence-electron chi connectivity index (χ0n) is 22.8. The van der Waals surface area contributed by atoms with E-state index in [-0.39, 0.29) is 17.3 Å². The SMILES string of the molecule is CCCNC(=O)[C@H](C)N(Cc1ccccc1C)C(=O)CN(c1ccccc1C)S(=O)(=O)c1ccc(C)cc1. The molecule has 0 saturated heterocycles. The van der Waals surface area contributed by atoms with Gasteiger partial charge in [-0.3, -0.25) is 13.9 Å². The Balaban J connectivity index is 2.04. The van der Waals surface area contributed by atoms with Crippen molar-refractivity contribution in [1.82, 2.24) is 10.2 Å². The minimum Gasteiger partial charge on any atom is -0.354 e. The van der Waals surface area contributed by atoms with Gasteiger partial charge in [-0.25, -0.2) is 8.42 Å². The molecule has 3 aromatic carbocycles. The van der Waals surface area contributed by atoms with E-state index < -0.39 is 28.5 Å². The first-order valence-corrected chi connectivity index (χ1v) is 14.3. The van der Waals surface area contributed by atoms with Crippen LogP contribution in [0.5, 0.6) is 0 Å². The van der Waals surface area contributed by atoms with Gasteiger partial charge in [0.25, 0.3) is 10.0 Å². The van der Waals surface area contributed by atoms with Gasteiger partial charge in [-0.1, -0.05) is 67.1 Å². The quantitative estimate of drug-likeness (QED) is 0.384. The van der Waals surface area contributed by atoms with Crippen molar-refractivity contribution in [1.29, 1.82) is 0 Å². The maximum Gasteiger partial charge on any atom is 0.264 e. The number of nitrogens with zero attached hydrogens (tertiary/aromatic N) is 2. The number of hydrogen-bond donors (Lipinski definition) is 1. The predicted molar refractivity (Wildman–Crippen MR) is 151 cm³/mol. The van der Waals surface area contributed by atoms with E-state index >= 15 is 0 Å². The summed E-state index contributed by atoms with van der Waals surface area (Å²) >= 11 is 0. The molecular weight excluding hydrogens is 498 g/mol. The van der Waals surface area contributed by atoms with Crippen molar-refractivity contribution < 1.29 is 18.0 Å². The molecule has 0 bridgehead atoms. The number of carbonyl (C=O) groups excluding carboxylic acids is 2. The highest BCUT2D eigenvalue weighted by Gasteiger charge is 2.33. The molecule has 0 aliphatic heterocycles. The summed E-state index contributed by atoms with van der Waals surface area (Å²) in [6.45, 7) is 9.49. The summed E-state index contributed by atoms with van der Waals surface area (Å²) in [6.07, 6.45) is 0.764. The Labute approximate surface area is 226 Å². The molecule has 0 radical (unpaired) electrons. The van der Waals surface area contributed by atoms with Crippen LogP contribution >= 0.6 is 0 Å². The second-order valence-corrected chi connectivity index (χ2v) is 11.4. The summed E-state index contributed by atoms with van der Waals surface area (Å²) in [5.74, 6) is -0.746. The molecule has 2 amide bonds. The highest BCUT2D eigenvalue weighted by Crippen LogP contribution is 2.27. The Bertz CT molecular complexity index is 1370. The summed E-state index contributed by atoms with van der Waals surface area (Å²) in [6, 6.07) is 20.5. The number of anilines is 1. The number of sulfonamides is 1. The van der Waals surface area contributed by atoms with Crippen LogP contribution in [0, 0.1) is 20.8 Å². The van der Waals surface area contributed by atoms with Gasteiger partial charge in [0, 0.05) is 13.1 Å². The lowest BCUT2D eigenvalue weighted by Crippen LogP contribution is -2.51. The van der Waals surface area contributed by atoms with E-state index in [0.717, 1.165) is 33.0 Å².